The maximum atomic E-state index is 13.5. The monoisotopic (exact) mass is 470 g/mol. The zero-order valence-corrected chi connectivity index (χ0v) is 19.1. The minimum absolute atomic E-state index is 0.00938. The number of fused-ring (bicyclic) bond motifs is 1. The van der Waals surface area contributed by atoms with Crippen molar-refractivity contribution in [2.24, 2.45) is 0 Å². The van der Waals surface area contributed by atoms with Crippen LogP contribution in [0.2, 0.25) is 0 Å². The van der Waals surface area contributed by atoms with E-state index in [4.69, 9.17) is 4.74 Å². The van der Waals surface area contributed by atoms with Crippen LogP contribution in [0.15, 0.2) is 66.7 Å². The number of aromatic carboxylic acids is 1. The van der Waals surface area contributed by atoms with Gasteiger partial charge in [-0.05, 0) is 61.9 Å². The van der Waals surface area contributed by atoms with E-state index in [-0.39, 0.29) is 16.7 Å². The highest BCUT2D eigenvalue weighted by Gasteiger charge is 2.57. The lowest BCUT2D eigenvalue weighted by molar-refractivity contribution is -0.130. The van der Waals surface area contributed by atoms with Gasteiger partial charge in [0.2, 0.25) is 0 Å². The zero-order valence-electron chi connectivity index (χ0n) is 19.1. The van der Waals surface area contributed by atoms with E-state index in [0.717, 1.165) is 16.0 Å². The van der Waals surface area contributed by atoms with E-state index < -0.39 is 35.8 Å². The van der Waals surface area contributed by atoms with Crippen molar-refractivity contribution in [1.29, 1.82) is 0 Å². The summed E-state index contributed by atoms with van der Waals surface area (Å²) in [5.74, 6) is -2.21. The fourth-order valence-electron chi connectivity index (χ4n) is 4.62. The molecule has 8 nitrogen and oxygen atoms in total. The van der Waals surface area contributed by atoms with Crippen LogP contribution in [0.4, 0.5) is 5.69 Å². The topological polar surface area (TPSA) is 104 Å². The number of nitrogens with zero attached hydrogens (tertiary/aromatic N) is 2. The molecule has 0 spiro atoms. The highest BCUT2D eigenvalue weighted by Crippen LogP contribution is 2.44. The van der Waals surface area contributed by atoms with Crippen molar-refractivity contribution < 1.29 is 29.0 Å². The number of carboxylic acid groups (broad SMARTS) is 1. The number of carbonyl (C=O) groups is 4. The van der Waals surface area contributed by atoms with Gasteiger partial charge >= 0.3 is 5.97 Å². The summed E-state index contributed by atoms with van der Waals surface area (Å²) < 4.78 is 5.49. The Labute approximate surface area is 201 Å². The van der Waals surface area contributed by atoms with Gasteiger partial charge in [-0.15, -0.1) is 0 Å². The van der Waals surface area contributed by atoms with Crippen LogP contribution in [-0.4, -0.2) is 46.3 Å². The zero-order chi connectivity index (χ0) is 24.9. The Hall–Kier alpha value is -4.46. The van der Waals surface area contributed by atoms with Gasteiger partial charge in [0.1, 0.15) is 11.8 Å². The summed E-state index contributed by atoms with van der Waals surface area (Å²) in [5.41, 5.74) is 2.41. The summed E-state index contributed by atoms with van der Waals surface area (Å²) >= 11 is 0. The Morgan fingerprint density at radius 3 is 2.14 bits per heavy atom. The van der Waals surface area contributed by atoms with Crippen molar-refractivity contribution in [3.8, 4) is 5.75 Å². The van der Waals surface area contributed by atoms with Crippen molar-refractivity contribution in [3.05, 3.63) is 94.5 Å². The van der Waals surface area contributed by atoms with E-state index >= 15 is 0 Å². The molecule has 1 fully saturated rings. The predicted molar refractivity (Wildman–Crippen MR) is 127 cm³/mol. The average Bonchev–Trinajstić information content (AvgIpc) is 3.09. The Morgan fingerprint density at radius 1 is 0.857 bits per heavy atom. The van der Waals surface area contributed by atoms with Gasteiger partial charge in [0.25, 0.3) is 17.7 Å². The number of carbonyl (C=O) groups excluding carboxylic acids is 3. The van der Waals surface area contributed by atoms with Gasteiger partial charge in [0.05, 0.1) is 29.3 Å². The van der Waals surface area contributed by atoms with E-state index in [2.05, 4.69) is 0 Å². The molecular weight excluding hydrogens is 448 g/mol. The molecule has 2 aliphatic heterocycles. The molecule has 3 aromatic carbocycles. The largest absolute Gasteiger partial charge is 0.494 e. The molecular formula is C27H22N2O6. The molecule has 0 aromatic heterocycles. The first-order valence-electron chi connectivity index (χ1n) is 11.2. The summed E-state index contributed by atoms with van der Waals surface area (Å²) in [6.07, 6.45) is 0. The molecule has 3 amide bonds. The lowest BCUT2D eigenvalue weighted by Crippen LogP contribution is -2.67. The van der Waals surface area contributed by atoms with Crippen LogP contribution in [0.3, 0.4) is 0 Å². The Morgan fingerprint density at radius 2 is 1.51 bits per heavy atom. The minimum Gasteiger partial charge on any atom is -0.494 e. The normalized spacial score (nSPS) is 19.0. The standard InChI is InChI=1S/C27H22N2O6/c1-3-35-19-11-9-18(10-12-19)28-22(16-6-4-15(2)5-7-16)23(26(28)32)29-24(30)20-13-8-17(27(33)34)14-21(20)25(29)31/h4-14,22-23H,3H2,1-2H3,(H,33,34)/t22-,23-/m1/s1. The van der Waals surface area contributed by atoms with E-state index in [9.17, 15) is 24.3 Å². The van der Waals surface area contributed by atoms with Gasteiger partial charge in [-0.3, -0.25) is 19.3 Å². The second-order valence-electron chi connectivity index (χ2n) is 8.48. The first-order valence-corrected chi connectivity index (χ1v) is 11.2. The van der Waals surface area contributed by atoms with E-state index in [0.29, 0.717) is 18.0 Å². The molecule has 0 aliphatic carbocycles. The van der Waals surface area contributed by atoms with Crippen LogP contribution in [-0.2, 0) is 4.79 Å². The summed E-state index contributed by atoms with van der Waals surface area (Å²) in [6.45, 7) is 4.34. The Bertz CT molecular complexity index is 1360. The molecule has 3 aromatic rings. The fraction of sp³-hybridized carbons (Fsp3) is 0.185. The Balaban J connectivity index is 1.54. The lowest BCUT2D eigenvalue weighted by atomic mass is 9.86. The second-order valence-corrected chi connectivity index (χ2v) is 8.48. The number of carboxylic acids is 1. The quantitative estimate of drug-likeness (QED) is 0.434. The van der Waals surface area contributed by atoms with Gasteiger partial charge in [0, 0.05) is 5.69 Å². The minimum atomic E-state index is -1.20. The van der Waals surface area contributed by atoms with Gasteiger partial charge < -0.3 is 14.7 Å². The number of anilines is 1. The number of aryl methyl sites for hydroxylation is 1. The molecule has 176 valence electrons. The molecule has 2 aliphatic rings. The van der Waals surface area contributed by atoms with E-state index in [1.807, 2.05) is 38.1 Å². The molecule has 35 heavy (non-hydrogen) atoms. The number of hydrogen-bond donors (Lipinski definition) is 1. The van der Waals surface area contributed by atoms with Crippen LogP contribution in [0.25, 0.3) is 0 Å². The lowest BCUT2D eigenvalue weighted by Gasteiger charge is -2.49. The molecule has 0 saturated carbocycles. The summed E-state index contributed by atoms with van der Waals surface area (Å²) in [6, 6.07) is 16.8. The maximum Gasteiger partial charge on any atom is 0.335 e. The smallest absolute Gasteiger partial charge is 0.335 e. The molecule has 2 heterocycles. The molecule has 0 unspecified atom stereocenters. The molecule has 0 radical (unpaired) electrons. The predicted octanol–water partition coefficient (Wildman–Crippen LogP) is 3.84. The average molecular weight is 470 g/mol. The van der Waals surface area contributed by atoms with E-state index in [1.165, 1.54) is 18.2 Å². The van der Waals surface area contributed by atoms with Crippen molar-refractivity contribution >= 4 is 29.4 Å². The summed E-state index contributed by atoms with van der Waals surface area (Å²) in [4.78, 5) is 53.9. The third-order valence-electron chi connectivity index (χ3n) is 6.36. The molecule has 1 saturated heterocycles. The molecule has 0 bridgehead atoms. The molecule has 8 heteroatoms. The van der Waals surface area contributed by atoms with Crippen molar-refractivity contribution in [1.82, 2.24) is 4.90 Å². The molecule has 1 N–H and O–H groups in total. The second kappa shape index (κ2) is 8.39. The van der Waals surface area contributed by atoms with Crippen LogP contribution in [0.5, 0.6) is 5.75 Å². The number of hydrogen-bond acceptors (Lipinski definition) is 5. The molecule has 2 atom stereocenters. The highest BCUT2D eigenvalue weighted by molar-refractivity contribution is 6.25. The van der Waals surface area contributed by atoms with Crippen molar-refractivity contribution in [2.45, 2.75) is 25.9 Å². The summed E-state index contributed by atoms with van der Waals surface area (Å²) in [5, 5.41) is 9.29. The van der Waals surface area contributed by atoms with E-state index in [1.54, 1.807) is 29.2 Å². The van der Waals surface area contributed by atoms with Gasteiger partial charge in [-0.2, -0.15) is 0 Å². The van der Waals surface area contributed by atoms with Crippen LogP contribution in [0.1, 0.15) is 55.2 Å². The van der Waals surface area contributed by atoms with Crippen molar-refractivity contribution in [2.75, 3.05) is 11.5 Å². The first kappa shape index (κ1) is 22.3. The third-order valence-corrected chi connectivity index (χ3v) is 6.36. The number of imide groups is 1. The maximum absolute atomic E-state index is 13.5. The number of ether oxygens (including phenoxy) is 1. The summed E-state index contributed by atoms with van der Waals surface area (Å²) in [7, 11) is 0. The van der Waals surface area contributed by atoms with Gasteiger partial charge in [-0.25, -0.2) is 4.79 Å². The Kier molecular flexibility index (Phi) is 5.36. The van der Waals surface area contributed by atoms with Gasteiger partial charge in [0.15, 0.2) is 0 Å². The number of rotatable bonds is 6. The fourth-order valence-corrected chi connectivity index (χ4v) is 4.62. The third kappa shape index (κ3) is 3.54. The SMILES string of the molecule is CCOc1ccc(N2C(=O)[C@H](N3C(=O)c4ccc(C(=O)O)cc4C3=O)[C@H]2c2ccc(C)cc2)cc1. The van der Waals surface area contributed by atoms with Crippen molar-refractivity contribution in [3.63, 3.8) is 0 Å². The number of benzene rings is 3. The van der Waals surface area contributed by atoms with Crippen LogP contribution in [0, 0.1) is 6.92 Å². The van der Waals surface area contributed by atoms with Crippen LogP contribution >= 0.6 is 0 Å². The number of β-lactam (4-membered cyclic amide) rings is 1. The molecule has 5 rings (SSSR count). The highest BCUT2D eigenvalue weighted by atomic mass is 16.5. The first-order chi connectivity index (χ1) is 16.8. The van der Waals surface area contributed by atoms with Gasteiger partial charge in [-0.1, -0.05) is 29.8 Å². The number of amides is 3. The van der Waals surface area contributed by atoms with Crippen LogP contribution < -0.4 is 9.64 Å².